The molecule has 7 heteroatoms. The molecule has 0 aliphatic carbocycles. The van der Waals surface area contributed by atoms with E-state index in [1.54, 1.807) is 24.3 Å². The topological polar surface area (TPSA) is 83.5 Å². The van der Waals surface area contributed by atoms with Crippen molar-refractivity contribution >= 4 is 32.0 Å². The lowest BCUT2D eigenvalue weighted by atomic mass is 10.1. The fraction of sp³-hybridized carbons (Fsp3) is 0.300. The van der Waals surface area contributed by atoms with Gasteiger partial charge in [0.25, 0.3) is 10.1 Å². The molecule has 1 unspecified atom stereocenters. The molecule has 0 aliphatic heterocycles. The minimum Gasteiger partial charge on any atom is -0.348 e. The van der Waals surface area contributed by atoms with Crippen LogP contribution in [0.4, 0.5) is 0 Å². The Hall–Kier alpha value is -0.920. The molecule has 0 aromatic heterocycles. The minimum absolute atomic E-state index is 0.360. The van der Waals surface area contributed by atoms with Crippen molar-refractivity contribution in [2.75, 3.05) is 5.75 Å². The van der Waals surface area contributed by atoms with Crippen LogP contribution in [0, 0.1) is 0 Å². The average Bonchev–Trinajstić information content (AvgIpc) is 2.14. The van der Waals surface area contributed by atoms with Gasteiger partial charge in [-0.3, -0.25) is 9.35 Å². The Morgan fingerprint density at radius 3 is 2.35 bits per heavy atom. The lowest BCUT2D eigenvalue weighted by Crippen LogP contribution is -2.31. The van der Waals surface area contributed by atoms with Gasteiger partial charge in [-0.25, -0.2) is 0 Å². The van der Waals surface area contributed by atoms with Crippen molar-refractivity contribution in [3.63, 3.8) is 0 Å². The second-order valence-electron chi connectivity index (χ2n) is 3.55. The summed E-state index contributed by atoms with van der Waals surface area (Å²) < 4.78 is 31.4. The van der Waals surface area contributed by atoms with Crippen LogP contribution < -0.4 is 5.32 Å². The first-order valence-corrected chi connectivity index (χ1v) is 7.16. The SMILES string of the molecule is CC(=O)NC(CS(=O)(=O)O)c1ccc(Br)cc1. The first-order valence-electron chi connectivity index (χ1n) is 4.75. The molecule has 0 saturated heterocycles. The van der Waals surface area contributed by atoms with Crippen molar-refractivity contribution in [1.82, 2.24) is 5.32 Å². The quantitative estimate of drug-likeness (QED) is 0.823. The van der Waals surface area contributed by atoms with Gasteiger partial charge in [-0.2, -0.15) is 8.42 Å². The van der Waals surface area contributed by atoms with E-state index in [2.05, 4.69) is 21.2 Å². The highest BCUT2D eigenvalue weighted by molar-refractivity contribution is 9.10. The predicted octanol–water partition coefficient (Wildman–Crippen LogP) is 1.51. The summed E-state index contributed by atoms with van der Waals surface area (Å²) in [4.78, 5) is 11.0. The van der Waals surface area contributed by atoms with Crippen molar-refractivity contribution in [2.24, 2.45) is 0 Å². The number of benzene rings is 1. The van der Waals surface area contributed by atoms with E-state index in [0.717, 1.165) is 4.47 Å². The number of carbonyl (C=O) groups excluding carboxylic acids is 1. The van der Waals surface area contributed by atoms with E-state index in [1.807, 2.05) is 0 Å². The molecule has 1 aromatic rings. The van der Waals surface area contributed by atoms with Gasteiger partial charge in [-0.1, -0.05) is 28.1 Å². The number of carbonyl (C=O) groups is 1. The standard InChI is InChI=1S/C10H12BrNO4S/c1-7(13)12-10(6-17(14,15)16)8-2-4-9(11)5-3-8/h2-5,10H,6H2,1H3,(H,12,13)(H,14,15,16). The van der Waals surface area contributed by atoms with Gasteiger partial charge in [0.15, 0.2) is 0 Å². The van der Waals surface area contributed by atoms with E-state index < -0.39 is 21.9 Å². The zero-order chi connectivity index (χ0) is 13.1. The lowest BCUT2D eigenvalue weighted by Gasteiger charge is -2.16. The summed E-state index contributed by atoms with van der Waals surface area (Å²) in [6, 6.07) is 6.06. The lowest BCUT2D eigenvalue weighted by molar-refractivity contribution is -0.119. The van der Waals surface area contributed by atoms with Gasteiger partial charge < -0.3 is 5.32 Å². The minimum atomic E-state index is -4.15. The monoisotopic (exact) mass is 321 g/mol. The second kappa shape index (κ2) is 5.61. The third kappa shape index (κ3) is 5.29. The largest absolute Gasteiger partial charge is 0.348 e. The highest BCUT2D eigenvalue weighted by Gasteiger charge is 2.19. The molecule has 5 nitrogen and oxygen atoms in total. The third-order valence-electron chi connectivity index (χ3n) is 2.03. The Balaban J connectivity index is 2.97. The Kier molecular flexibility index (Phi) is 4.67. The van der Waals surface area contributed by atoms with E-state index in [4.69, 9.17) is 4.55 Å². The van der Waals surface area contributed by atoms with Gasteiger partial charge in [0.1, 0.15) is 0 Å². The molecule has 94 valence electrons. The van der Waals surface area contributed by atoms with Crippen LogP contribution in [0.15, 0.2) is 28.7 Å². The molecule has 17 heavy (non-hydrogen) atoms. The number of rotatable bonds is 4. The zero-order valence-electron chi connectivity index (χ0n) is 9.05. The predicted molar refractivity (Wildman–Crippen MR) is 67.1 cm³/mol. The number of amides is 1. The van der Waals surface area contributed by atoms with Gasteiger partial charge in [-0.15, -0.1) is 0 Å². The Bertz CT molecular complexity index is 498. The van der Waals surface area contributed by atoms with Crippen LogP contribution in [0.1, 0.15) is 18.5 Å². The molecule has 1 amide bonds. The third-order valence-corrected chi connectivity index (χ3v) is 3.31. The van der Waals surface area contributed by atoms with Crippen molar-refractivity contribution in [3.8, 4) is 0 Å². The van der Waals surface area contributed by atoms with Crippen LogP contribution in [-0.2, 0) is 14.9 Å². The average molecular weight is 322 g/mol. The highest BCUT2D eigenvalue weighted by Crippen LogP contribution is 2.18. The summed E-state index contributed by atoms with van der Waals surface area (Å²) in [7, 11) is -4.15. The molecule has 0 spiro atoms. The van der Waals surface area contributed by atoms with E-state index in [0.29, 0.717) is 5.56 Å². The van der Waals surface area contributed by atoms with Crippen LogP contribution in [-0.4, -0.2) is 24.6 Å². The number of halogens is 1. The van der Waals surface area contributed by atoms with Crippen LogP contribution in [0.5, 0.6) is 0 Å². The fourth-order valence-electron chi connectivity index (χ4n) is 1.37. The normalized spacial score (nSPS) is 13.1. The first kappa shape index (κ1) is 14.1. The number of nitrogens with one attached hydrogen (secondary N) is 1. The van der Waals surface area contributed by atoms with Gasteiger partial charge in [-0.05, 0) is 17.7 Å². The molecule has 1 rings (SSSR count). The molecular formula is C10H12BrNO4S. The molecule has 0 radical (unpaired) electrons. The molecule has 0 fully saturated rings. The van der Waals surface area contributed by atoms with Crippen molar-refractivity contribution in [1.29, 1.82) is 0 Å². The summed E-state index contributed by atoms with van der Waals surface area (Å²) in [6.07, 6.45) is 0. The Labute approximate surface area is 108 Å². The summed E-state index contributed by atoms with van der Waals surface area (Å²) in [5.74, 6) is -0.907. The van der Waals surface area contributed by atoms with Gasteiger partial charge in [0, 0.05) is 11.4 Å². The molecule has 0 bridgehead atoms. The number of hydrogen-bond donors (Lipinski definition) is 2. The molecule has 1 aromatic carbocycles. The summed E-state index contributed by atoms with van der Waals surface area (Å²) in [6.45, 7) is 1.29. The maximum Gasteiger partial charge on any atom is 0.267 e. The van der Waals surface area contributed by atoms with Crippen LogP contribution in [0.25, 0.3) is 0 Å². The Morgan fingerprint density at radius 1 is 1.41 bits per heavy atom. The molecule has 2 N–H and O–H groups in total. The van der Waals surface area contributed by atoms with Gasteiger partial charge in [0.05, 0.1) is 11.8 Å². The van der Waals surface area contributed by atoms with Gasteiger partial charge >= 0.3 is 0 Å². The van der Waals surface area contributed by atoms with E-state index in [1.165, 1.54) is 6.92 Å². The summed E-state index contributed by atoms with van der Waals surface area (Å²) in [5.41, 5.74) is 0.612. The Morgan fingerprint density at radius 2 is 1.94 bits per heavy atom. The van der Waals surface area contributed by atoms with Crippen LogP contribution in [0.2, 0.25) is 0 Å². The maximum atomic E-state index is 11.0. The number of hydrogen-bond acceptors (Lipinski definition) is 3. The van der Waals surface area contributed by atoms with Crippen molar-refractivity contribution < 1.29 is 17.8 Å². The first-order chi connectivity index (χ1) is 7.78. The van der Waals surface area contributed by atoms with E-state index in [9.17, 15) is 13.2 Å². The molecule has 0 aliphatic rings. The van der Waals surface area contributed by atoms with E-state index >= 15 is 0 Å². The molecule has 0 saturated carbocycles. The van der Waals surface area contributed by atoms with E-state index in [-0.39, 0.29) is 5.91 Å². The van der Waals surface area contributed by atoms with Gasteiger partial charge in [0.2, 0.25) is 5.91 Å². The summed E-state index contributed by atoms with van der Waals surface area (Å²) in [5, 5.41) is 2.48. The fourth-order valence-corrected chi connectivity index (χ4v) is 2.33. The molecule has 0 heterocycles. The molecular weight excluding hydrogens is 310 g/mol. The van der Waals surface area contributed by atoms with Crippen LogP contribution in [0.3, 0.4) is 0 Å². The molecule has 1 atom stereocenters. The zero-order valence-corrected chi connectivity index (χ0v) is 11.5. The summed E-state index contributed by atoms with van der Waals surface area (Å²) >= 11 is 3.25. The van der Waals surface area contributed by atoms with Crippen molar-refractivity contribution in [3.05, 3.63) is 34.3 Å². The van der Waals surface area contributed by atoms with Crippen LogP contribution >= 0.6 is 15.9 Å². The highest BCUT2D eigenvalue weighted by atomic mass is 79.9. The van der Waals surface area contributed by atoms with Crippen molar-refractivity contribution in [2.45, 2.75) is 13.0 Å². The maximum absolute atomic E-state index is 11.0. The smallest absolute Gasteiger partial charge is 0.267 e. The second-order valence-corrected chi connectivity index (χ2v) is 5.97.